The Morgan fingerprint density at radius 3 is 2.45 bits per heavy atom. The van der Waals surface area contributed by atoms with Crippen molar-refractivity contribution in [1.82, 2.24) is 5.32 Å². The van der Waals surface area contributed by atoms with Gasteiger partial charge in [-0.3, -0.25) is 4.79 Å². The molecule has 7 heteroatoms. The standard InChI is InChI=1S/C22H21N3O3S/c1-13(2)23-22(27)25-17-9-5-4-8-16(17)24-21(26)19-11-14-12-28-18-10-6-3-7-15(18)20(14)29-19/h3-11,13H,12H2,1-2H3,(H,24,26)(H2,23,25,27). The van der Waals surface area contributed by atoms with E-state index in [4.69, 9.17) is 4.74 Å². The smallest absolute Gasteiger partial charge is 0.319 e. The second-order valence-corrected chi connectivity index (χ2v) is 8.05. The summed E-state index contributed by atoms with van der Waals surface area (Å²) in [5.41, 5.74) is 3.08. The Kier molecular flexibility index (Phi) is 5.22. The Labute approximate surface area is 172 Å². The zero-order valence-corrected chi connectivity index (χ0v) is 16.9. The second kappa shape index (κ2) is 7.97. The summed E-state index contributed by atoms with van der Waals surface area (Å²) in [5.74, 6) is 0.611. The van der Waals surface area contributed by atoms with E-state index in [2.05, 4.69) is 16.0 Å². The lowest BCUT2D eigenvalue weighted by Gasteiger charge is -2.16. The average Bonchev–Trinajstić information content (AvgIpc) is 3.14. The number of carbonyl (C=O) groups excluding carboxylic acids is 2. The van der Waals surface area contributed by atoms with Crippen molar-refractivity contribution < 1.29 is 14.3 Å². The van der Waals surface area contributed by atoms with Crippen LogP contribution in [-0.2, 0) is 6.61 Å². The van der Waals surface area contributed by atoms with Crippen LogP contribution in [0.5, 0.6) is 5.75 Å². The minimum absolute atomic E-state index is 0.0132. The number of hydrogen-bond acceptors (Lipinski definition) is 4. The van der Waals surface area contributed by atoms with Crippen molar-refractivity contribution in [1.29, 1.82) is 0 Å². The molecule has 0 spiro atoms. The number of benzene rings is 2. The van der Waals surface area contributed by atoms with Gasteiger partial charge in [0.25, 0.3) is 5.91 Å². The fourth-order valence-corrected chi connectivity index (χ4v) is 4.21. The lowest BCUT2D eigenvalue weighted by Crippen LogP contribution is -2.34. The van der Waals surface area contributed by atoms with Crippen molar-refractivity contribution in [2.24, 2.45) is 0 Å². The molecule has 148 valence electrons. The van der Waals surface area contributed by atoms with Gasteiger partial charge in [0.05, 0.1) is 16.3 Å². The van der Waals surface area contributed by atoms with Crippen molar-refractivity contribution in [2.45, 2.75) is 26.5 Å². The Morgan fingerprint density at radius 2 is 1.69 bits per heavy atom. The molecule has 1 aliphatic rings. The molecule has 3 aromatic rings. The van der Waals surface area contributed by atoms with Gasteiger partial charge in [-0.05, 0) is 44.2 Å². The highest BCUT2D eigenvalue weighted by molar-refractivity contribution is 7.17. The van der Waals surface area contributed by atoms with Crippen LogP contribution in [0.25, 0.3) is 10.4 Å². The zero-order valence-electron chi connectivity index (χ0n) is 16.1. The molecule has 0 saturated carbocycles. The van der Waals surface area contributed by atoms with E-state index in [1.54, 1.807) is 18.2 Å². The third kappa shape index (κ3) is 4.09. The molecule has 0 atom stereocenters. The summed E-state index contributed by atoms with van der Waals surface area (Å²) in [5, 5.41) is 8.46. The maximum absolute atomic E-state index is 12.9. The maximum atomic E-state index is 12.9. The minimum atomic E-state index is -0.318. The normalized spacial score (nSPS) is 11.8. The van der Waals surface area contributed by atoms with Gasteiger partial charge < -0.3 is 20.7 Å². The predicted molar refractivity (Wildman–Crippen MR) is 116 cm³/mol. The summed E-state index contributed by atoms with van der Waals surface area (Å²) in [6.07, 6.45) is 0. The van der Waals surface area contributed by atoms with E-state index in [0.717, 1.165) is 21.8 Å². The molecule has 0 aliphatic carbocycles. The Balaban J connectivity index is 1.55. The SMILES string of the molecule is CC(C)NC(=O)Nc1ccccc1NC(=O)c1cc2c(s1)-c1ccccc1OC2. The van der Waals surface area contributed by atoms with Crippen LogP contribution < -0.4 is 20.7 Å². The fourth-order valence-electron chi connectivity index (χ4n) is 3.12. The molecule has 29 heavy (non-hydrogen) atoms. The van der Waals surface area contributed by atoms with Crippen LogP contribution in [0.15, 0.2) is 54.6 Å². The molecule has 4 rings (SSSR count). The van der Waals surface area contributed by atoms with Crippen LogP contribution in [0.1, 0.15) is 29.1 Å². The van der Waals surface area contributed by atoms with Crippen LogP contribution in [0.2, 0.25) is 0 Å². The number of amides is 3. The summed E-state index contributed by atoms with van der Waals surface area (Å²) in [7, 11) is 0. The summed E-state index contributed by atoms with van der Waals surface area (Å²) in [6.45, 7) is 4.21. The summed E-state index contributed by atoms with van der Waals surface area (Å²) >= 11 is 1.44. The fraction of sp³-hybridized carbons (Fsp3) is 0.182. The highest BCUT2D eigenvalue weighted by atomic mass is 32.1. The molecule has 6 nitrogen and oxygen atoms in total. The molecular formula is C22H21N3O3S. The Morgan fingerprint density at radius 1 is 1.00 bits per heavy atom. The molecule has 3 amide bonds. The molecule has 0 saturated heterocycles. The van der Waals surface area contributed by atoms with E-state index in [1.165, 1.54) is 11.3 Å². The first-order chi connectivity index (χ1) is 14.0. The van der Waals surface area contributed by atoms with Gasteiger partial charge in [-0.25, -0.2) is 4.79 Å². The molecule has 0 fully saturated rings. The number of hydrogen-bond donors (Lipinski definition) is 3. The number of rotatable bonds is 4. The molecule has 0 radical (unpaired) electrons. The number of nitrogens with one attached hydrogen (secondary N) is 3. The highest BCUT2D eigenvalue weighted by Gasteiger charge is 2.22. The van der Waals surface area contributed by atoms with Crippen molar-refractivity contribution in [2.75, 3.05) is 10.6 Å². The van der Waals surface area contributed by atoms with Crippen LogP contribution in [0.4, 0.5) is 16.2 Å². The van der Waals surface area contributed by atoms with Crippen LogP contribution in [-0.4, -0.2) is 18.0 Å². The quantitative estimate of drug-likeness (QED) is 0.564. The van der Waals surface area contributed by atoms with Gasteiger partial charge in [0.1, 0.15) is 12.4 Å². The summed E-state index contributed by atoms with van der Waals surface area (Å²) in [6, 6.07) is 16.5. The van der Waals surface area contributed by atoms with E-state index < -0.39 is 0 Å². The Bertz CT molecular complexity index is 1070. The minimum Gasteiger partial charge on any atom is -0.488 e. The third-order valence-corrected chi connectivity index (χ3v) is 5.60. The molecule has 1 aliphatic heterocycles. The monoisotopic (exact) mass is 407 g/mol. The second-order valence-electron chi connectivity index (χ2n) is 7.00. The van der Waals surface area contributed by atoms with Gasteiger partial charge >= 0.3 is 6.03 Å². The summed E-state index contributed by atoms with van der Waals surface area (Å²) < 4.78 is 5.78. The van der Waals surface area contributed by atoms with Gasteiger partial charge in [-0.2, -0.15) is 0 Å². The molecule has 0 unspecified atom stereocenters. The number of urea groups is 1. The van der Waals surface area contributed by atoms with E-state index in [9.17, 15) is 9.59 Å². The van der Waals surface area contributed by atoms with Gasteiger partial charge in [0.2, 0.25) is 0 Å². The number of thiophene rings is 1. The number of para-hydroxylation sites is 3. The Hall–Kier alpha value is -3.32. The number of anilines is 2. The number of fused-ring (bicyclic) bond motifs is 3. The zero-order chi connectivity index (χ0) is 20.4. The van der Waals surface area contributed by atoms with Crippen molar-refractivity contribution in [3.63, 3.8) is 0 Å². The first-order valence-corrected chi connectivity index (χ1v) is 10.2. The maximum Gasteiger partial charge on any atom is 0.319 e. The molecule has 1 aromatic heterocycles. The van der Waals surface area contributed by atoms with Crippen molar-refractivity contribution in [3.05, 3.63) is 65.0 Å². The van der Waals surface area contributed by atoms with Gasteiger partial charge in [0, 0.05) is 22.0 Å². The van der Waals surface area contributed by atoms with E-state index in [1.807, 2.05) is 50.2 Å². The van der Waals surface area contributed by atoms with Gasteiger partial charge in [0.15, 0.2) is 0 Å². The van der Waals surface area contributed by atoms with Crippen LogP contribution >= 0.6 is 11.3 Å². The number of carbonyl (C=O) groups is 2. The van der Waals surface area contributed by atoms with E-state index >= 15 is 0 Å². The van der Waals surface area contributed by atoms with Crippen LogP contribution in [0.3, 0.4) is 0 Å². The van der Waals surface area contributed by atoms with E-state index in [-0.39, 0.29) is 18.0 Å². The first-order valence-electron chi connectivity index (χ1n) is 9.34. The third-order valence-electron chi connectivity index (χ3n) is 4.39. The predicted octanol–water partition coefficient (Wildman–Crippen LogP) is 5.09. The van der Waals surface area contributed by atoms with Crippen LogP contribution in [0, 0.1) is 0 Å². The highest BCUT2D eigenvalue weighted by Crippen LogP contribution is 2.42. The molecule has 3 N–H and O–H groups in total. The van der Waals surface area contributed by atoms with Gasteiger partial charge in [-0.15, -0.1) is 11.3 Å². The molecule has 2 heterocycles. The topological polar surface area (TPSA) is 79.5 Å². The van der Waals surface area contributed by atoms with Crippen molar-refractivity contribution in [3.8, 4) is 16.2 Å². The number of ether oxygens (including phenoxy) is 1. The van der Waals surface area contributed by atoms with E-state index in [0.29, 0.717) is 22.9 Å². The molecular weight excluding hydrogens is 386 g/mol. The summed E-state index contributed by atoms with van der Waals surface area (Å²) in [4.78, 5) is 26.6. The van der Waals surface area contributed by atoms with Gasteiger partial charge in [-0.1, -0.05) is 24.3 Å². The van der Waals surface area contributed by atoms with Crippen molar-refractivity contribution >= 4 is 34.6 Å². The molecule has 2 aromatic carbocycles. The lowest BCUT2D eigenvalue weighted by atomic mass is 10.1. The average molecular weight is 407 g/mol. The lowest BCUT2D eigenvalue weighted by molar-refractivity contribution is 0.103. The largest absolute Gasteiger partial charge is 0.488 e. The first kappa shape index (κ1) is 19.0. The molecule has 0 bridgehead atoms.